The van der Waals surface area contributed by atoms with E-state index in [1.807, 2.05) is 48.5 Å². The van der Waals surface area contributed by atoms with Crippen LogP contribution in [0.15, 0.2) is 48.5 Å². The number of nitriles is 1. The zero-order chi connectivity index (χ0) is 10.7. The van der Waals surface area contributed by atoms with Crippen LogP contribution in [0, 0.1) is 11.3 Å². The first kappa shape index (κ1) is 9.76. The summed E-state index contributed by atoms with van der Waals surface area (Å²) in [6.07, 6.45) is 1.34. The Balaban J connectivity index is 2.57. The smallest absolute Gasteiger partial charge is 0.0927 e. The minimum Gasteiger partial charge on any atom is -0.193 e. The average Bonchev–Trinajstić information content (AvgIpc) is 2.29. The van der Waals surface area contributed by atoms with Gasteiger partial charge in [-0.05, 0) is 22.4 Å². The summed E-state index contributed by atoms with van der Waals surface area (Å²) < 4.78 is 0. The van der Waals surface area contributed by atoms with Crippen molar-refractivity contribution in [1.82, 2.24) is 0 Å². The van der Waals surface area contributed by atoms with Crippen LogP contribution in [0.4, 0.5) is 0 Å². The Labute approximate surface area is 93.2 Å². The average molecular weight is 214 g/mol. The summed E-state index contributed by atoms with van der Waals surface area (Å²) in [6.45, 7) is 0. The molecule has 72 valence electrons. The third kappa shape index (κ3) is 2.01. The molecule has 2 aromatic rings. The van der Waals surface area contributed by atoms with E-state index in [1.54, 1.807) is 0 Å². The minimum atomic E-state index is 0.475. The summed E-state index contributed by atoms with van der Waals surface area (Å²) in [5, 5.41) is 11.3. The van der Waals surface area contributed by atoms with Crippen LogP contribution in [0.1, 0.15) is 5.56 Å². The minimum absolute atomic E-state index is 0.475. The Hall–Kier alpha value is -1.78. The van der Waals surface area contributed by atoms with Crippen LogP contribution >= 0.6 is 11.6 Å². The standard InChI is InChI=1S/C13H8ClN/c14-13(7-8-15)12-6-5-10-3-1-2-4-11(10)9-12/h1-7,9H. The number of nitrogens with zero attached hydrogens (tertiary/aromatic N) is 1. The number of hydrogen-bond acceptors (Lipinski definition) is 1. The van der Waals surface area contributed by atoms with E-state index in [-0.39, 0.29) is 0 Å². The summed E-state index contributed by atoms with van der Waals surface area (Å²) in [5.41, 5.74) is 0.872. The highest BCUT2D eigenvalue weighted by Gasteiger charge is 1.99. The van der Waals surface area contributed by atoms with Gasteiger partial charge in [0, 0.05) is 6.08 Å². The van der Waals surface area contributed by atoms with Gasteiger partial charge in [0.25, 0.3) is 0 Å². The molecule has 0 saturated carbocycles. The van der Waals surface area contributed by atoms with Crippen molar-refractivity contribution < 1.29 is 0 Å². The molecule has 0 aliphatic heterocycles. The molecule has 0 amide bonds. The first-order valence-electron chi connectivity index (χ1n) is 4.56. The quantitative estimate of drug-likeness (QED) is 0.659. The van der Waals surface area contributed by atoms with Crippen LogP contribution in [0.5, 0.6) is 0 Å². The van der Waals surface area contributed by atoms with Gasteiger partial charge in [-0.15, -0.1) is 0 Å². The van der Waals surface area contributed by atoms with Gasteiger partial charge in [-0.1, -0.05) is 48.0 Å². The molecule has 1 nitrogen and oxygen atoms in total. The van der Waals surface area contributed by atoms with Crippen LogP contribution in [-0.4, -0.2) is 0 Å². The van der Waals surface area contributed by atoms with Crippen LogP contribution in [-0.2, 0) is 0 Å². The summed E-state index contributed by atoms with van der Waals surface area (Å²) in [6, 6.07) is 15.9. The molecule has 15 heavy (non-hydrogen) atoms. The van der Waals surface area contributed by atoms with Crippen molar-refractivity contribution in [1.29, 1.82) is 5.26 Å². The van der Waals surface area contributed by atoms with Gasteiger partial charge >= 0.3 is 0 Å². The van der Waals surface area contributed by atoms with Crippen molar-refractivity contribution >= 4 is 27.4 Å². The number of hydrogen-bond donors (Lipinski definition) is 0. The molecule has 0 bridgehead atoms. The van der Waals surface area contributed by atoms with Crippen molar-refractivity contribution in [3.63, 3.8) is 0 Å². The lowest BCUT2D eigenvalue weighted by Crippen LogP contribution is -1.78. The summed E-state index contributed by atoms with van der Waals surface area (Å²) in [5.74, 6) is 0. The fraction of sp³-hybridized carbons (Fsp3) is 0. The Morgan fingerprint density at radius 2 is 1.87 bits per heavy atom. The molecule has 0 heterocycles. The van der Waals surface area contributed by atoms with Gasteiger partial charge in [0.2, 0.25) is 0 Å². The molecule has 0 aliphatic rings. The van der Waals surface area contributed by atoms with Crippen molar-refractivity contribution in [3.8, 4) is 6.07 Å². The lowest BCUT2D eigenvalue weighted by atomic mass is 10.1. The normalized spacial score (nSPS) is 11.3. The van der Waals surface area contributed by atoms with Crippen molar-refractivity contribution in [2.45, 2.75) is 0 Å². The summed E-state index contributed by atoms with van der Waals surface area (Å²) in [7, 11) is 0. The Kier molecular flexibility index (Phi) is 2.71. The van der Waals surface area contributed by atoms with Gasteiger partial charge < -0.3 is 0 Å². The van der Waals surface area contributed by atoms with Crippen LogP contribution < -0.4 is 0 Å². The zero-order valence-electron chi connectivity index (χ0n) is 7.94. The third-order valence-electron chi connectivity index (χ3n) is 2.22. The van der Waals surface area contributed by atoms with Gasteiger partial charge in [-0.3, -0.25) is 0 Å². The van der Waals surface area contributed by atoms with E-state index in [2.05, 4.69) is 0 Å². The number of rotatable bonds is 1. The summed E-state index contributed by atoms with van der Waals surface area (Å²) >= 11 is 5.95. The molecule has 0 fully saturated rings. The lowest BCUT2D eigenvalue weighted by molar-refractivity contribution is 1.53. The van der Waals surface area contributed by atoms with Gasteiger partial charge in [0.05, 0.1) is 11.1 Å². The molecule has 0 saturated heterocycles. The van der Waals surface area contributed by atoms with Gasteiger partial charge in [0.15, 0.2) is 0 Å². The van der Waals surface area contributed by atoms with Crippen LogP contribution in [0.25, 0.3) is 15.8 Å². The van der Waals surface area contributed by atoms with Gasteiger partial charge in [-0.2, -0.15) is 5.26 Å². The molecular weight excluding hydrogens is 206 g/mol. The van der Waals surface area contributed by atoms with E-state index in [1.165, 1.54) is 11.5 Å². The van der Waals surface area contributed by atoms with E-state index < -0.39 is 0 Å². The second-order valence-corrected chi connectivity index (χ2v) is 3.59. The predicted molar refractivity (Wildman–Crippen MR) is 63.4 cm³/mol. The number of halogens is 1. The highest BCUT2D eigenvalue weighted by atomic mass is 35.5. The molecule has 0 aliphatic carbocycles. The Morgan fingerprint density at radius 3 is 2.60 bits per heavy atom. The topological polar surface area (TPSA) is 23.8 Å². The molecule has 0 aromatic heterocycles. The third-order valence-corrected chi connectivity index (χ3v) is 2.54. The van der Waals surface area contributed by atoms with Crippen molar-refractivity contribution in [2.24, 2.45) is 0 Å². The first-order valence-corrected chi connectivity index (χ1v) is 4.93. The van der Waals surface area contributed by atoms with E-state index in [0.29, 0.717) is 5.03 Å². The molecule has 0 N–H and O–H groups in total. The molecule has 0 atom stereocenters. The molecule has 2 rings (SSSR count). The molecule has 0 radical (unpaired) electrons. The zero-order valence-corrected chi connectivity index (χ0v) is 8.70. The monoisotopic (exact) mass is 213 g/mol. The maximum absolute atomic E-state index is 8.50. The van der Waals surface area contributed by atoms with E-state index >= 15 is 0 Å². The Morgan fingerprint density at radius 1 is 1.13 bits per heavy atom. The van der Waals surface area contributed by atoms with Gasteiger partial charge in [-0.25, -0.2) is 0 Å². The van der Waals surface area contributed by atoms with Crippen LogP contribution in [0.2, 0.25) is 0 Å². The van der Waals surface area contributed by atoms with E-state index in [9.17, 15) is 0 Å². The fourth-order valence-electron chi connectivity index (χ4n) is 1.48. The number of allylic oxidation sites excluding steroid dienone is 1. The highest BCUT2D eigenvalue weighted by molar-refractivity contribution is 6.49. The highest BCUT2D eigenvalue weighted by Crippen LogP contribution is 2.23. The van der Waals surface area contributed by atoms with Crippen molar-refractivity contribution in [3.05, 3.63) is 54.1 Å². The number of benzene rings is 2. The predicted octanol–water partition coefficient (Wildman–Crippen LogP) is 3.94. The first-order chi connectivity index (χ1) is 7.31. The maximum Gasteiger partial charge on any atom is 0.0927 e. The van der Waals surface area contributed by atoms with E-state index in [0.717, 1.165) is 10.9 Å². The molecule has 2 heteroatoms. The molecular formula is C13H8ClN. The fourth-order valence-corrected chi connectivity index (χ4v) is 1.64. The molecule has 0 spiro atoms. The number of fused-ring (bicyclic) bond motifs is 1. The second kappa shape index (κ2) is 4.16. The molecule has 0 unspecified atom stereocenters. The van der Waals surface area contributed by atoms with Gasteiger partial charge in [0.1, 0.15) is 0 Å². The Bertz CT molecular complexity index is 564. The van der Waals surface area contributed by atoms with Crippen LogP contribution in [0.3, 0.4) is 0 Å². The summed E-state index contributed by atoms with van der Waals surface area (Å²) in [4.78, 5) is 0. The van der Waals surface area contributed by atoms with Crippen molar-refractivity contribution in [2.75, 3.05) is 0 Å². The maximum atomic E-state index is 8.50. The second-order valence-electron chi connectivity index (χ2n) is 3.18. The largest absolute Gasteiger partial charge is 0.193 e. The lowest BCUT2D eigenvalue weighted by Gasteiger charge is -2.01. The van der Waals surface area contributed by atoms with E-state index in [4.69, 9.17) is 16.9 Å². The SMILES string of the molecule is N#CC=C(Cl)c1ccc2ccccc2c1. The molecule has 2 aromatic carbocycles.